The van der Waals surface area contributed by atoms with E-state index in [1.807, 2.05) is 18.2 Å². The summed E-state index contributed by atoms with van der Waals surface area (Å²) >= 11 is 0. The zero-order valence-electron chi connectivity index (χ0n) is 16.4. The molecule has 152 valence electrons. The number of Topliss-reactive ketones (excluding diaryl/α,β-unsaturated/α-hetero) is 1. The van der Waals surface area contributed by atoms with E-state index >= 15 is 0 Å². The van der Waals surface area contributed by atoms with Crippen LogP contribution in [-0.4, -0.2) is 66.0 Å². The van der Waals surface area contributed by atoms with Gasteiger partial charge in [-0.25, -0.2) is 0 Å². The molecule has 1 aromatic carbocycles. The van der Waals surface area contributed by atoms with Crippen LogP contribution in [0.1, 0.15) is 23.0 Å². The molecule has 3 heterocycles. The number of aromatic nitrogens is 1. The van der Waals surface area contributed by atoms with Crippen molar-refractivity contribution in [1.82, 2.24) is 14.8 Å². The number of pyridine rings is 1. The van der Waals surface area contributed by atoms with Crippen LogP contribution in [-0.2, 0) is 11.3 Å². The molecule has 2 aliphatic heterocycles. The van der Waals surface area contributed by atoms with Gasteiger partial charge in [0.15, 0.2) is 17.3 Å². The Kier molecular flexibility index (Phi) is 5.73. The number of carbonyl (C=O) groups excluding carboxylic acids is 2. The van der Waals surface area contributed by atoms with Gasteiger partial charge in [0.25, 0.3) is 0 Å². The lowest BCUT2D eigenvalue weighted by Crippen LogP contribution is -2.48. The van der Waals surface area contributed by atoms with Crippen LogP contribution in [0.25, 0.3) is 0 Å². The summed E-state index contributed by atoms with van der Waals surface area (Å²) in [5.74, 6) is 0.775. The zero-order chi connectivity index (χ0) is 20.2. The van der Waals surface area contributed by atoms with Gasteiger partial charge < -0.3 is 14.8 Å². The number of rotatable bonds is 6. The molecule has 8 heteroatoms. The van der Waals surface area contributed by atoms with Gasteiger partial charge >= 0.3 is 0 Å². The molecule has 0 bridgehead atoms. The Morgan fingerprint density at radius 3 is 2.48 bits per heavy atom. The smallest absolute Gasteiger partial charge is 0.238 e. The number of ketones is 1. The third-order valence-corrected chi connectivity index (χ3v) is 5.11. The van der Waals surface area contributed by atoms with Crippen LogP contribution in [0, 0.1) is 0 Å². The number of piperazine rings is 1. The van der Waals surface area contributed by atoms with E-state index in [0.29, 0.717) is 22.7 Å². The fourth-order valence-corrected chi connectivity index (χ4v) is 3.56. The molecular weight excluding hydrogens is 372 g/mol. The van der Waals surface area contributed by atoms with Gasteiger partial charge in [0, 0.05) is 50.6 Å². The Labute approximate surface area is 169 Å². The zero-order valence-corrected chi connectivity index (χ0v) is 16.4. The van der Waals surface area contributed by atoms with Crippen LogP contribution >= 0.6 is 0 Å². The maximum Gasteiger partial charge on any atom is 0.238 e. The van der Waals surface area contributed by atoms with Crippen LogP contribution in [0.4, 0.5) is 5.69 Å². The molecule has 0 aliphatic carbocycles. The van der Waals surface area contributed by atoms with Crippen molar-refractivity contribution in [3.05, 3.63) is 47.8 Å². The molecule has 0 saturated carbocycles. The summed E-state index contributed by atoms with van der Waals surface area (Å²) in [6.45, 7) is 6.06. The molecule has 0 radical (unpaired) electrons. The van der Waals surface area contributed by atoms with Crippen LogP contribution in [0.5, 0.6) is 11.5 Å². The highest BCUT2D eigenvalue weighted by atomic mass is 16.7. The molecule has 1 aromatic heterocycles. The van der Waals surface area contributed by atoms with Crippen molar-refractivity contribution in [3.63, 3.8) is 0 Å². The molecule has 1 fully saturated rings. The largest absolute Gasteiger partial charge is 0.454 e. The number of benzene rings is 1. The molecule has 1 amide bonds. The van der Waals surface area contributed by atoms with Crippen molar-refractivity contribution < 1.29 is 19.1 Å². The SMILES string of the molecule is CC(=O)c1cc2c(cc1NC(=O)CN1CCN(Cc3ccccn3)CC1)OCO2. The molecule has 1 N–H and O–H groups in total. The predicted octanol–water partition coefficient (Wildman–Crippen LogP) is 1.77. The first kappa shape index (κ1) is 19.4. The Morgan fingerprint density at radius 2 is 1.79 bits per heavy atom. The van der Waals surface area contributed by atoms with Crippen molar-refractivity contribution >= 4 is 17.4 Å². The van der Waals surface area contributed by atoms with E-state index in [0.717, 1.165) is 38.4 Å². The number of hydrogen-bond donors (Lipinski definition) is 1. The molecule has 0 atom stereocenters. The first-order valence-electron chi connectivity index (χ1n) is 9.67. The second kappa shape index (κ2) is 8.59. The first-order valence-corrected chi connectivity index (χ1v) is 9.67. The van der Waals surface area contributed by atoms with Crippen LogP contribution in [0.15, 0.2) is 36.5 Å². The third kappa shape index (κ3) is 4.72. The summed E-state index contributed by atoms with van der Waals surface area (Å²) in [6.07, 6.45) is 1.81. The Hall–Kier alpha value is -2.97. The van der Waals surface area contributed by atoms with Crippen LogP contribution in [0.3, 0.4) is 0 Å². The second-order valence-corrected chi connectivity index (χ2v) is 7.23. The highest BCUT2D eigenvalue weighted by Gasteiger charge is 2.22. The number of hydrogen-bond acceptors (Lipinski definition) is 7. The summed E-state index contributed by atoms with van der Waals surface area (Å²) in [6, 6.07) is 9.21. The van der Waals surface area contributed by atoms with Gasteiger partial charge in [0.05, 0.1) is 17.9 Å². The lowest BCUT2D eigenvalue weighted by molar-refractivity contribution is -0.117. The van der Waals surface area contributed by atoms with Gasteiger partial charge in [-0.15, -0.1) is 0 Å². The number of nitrogens with zero attached hydrogens (tertiary/aromatic N) is 3. The lowest BCUT2D eigenvalue weighted by Gasteiger charge is -2.34. The van der Waals surface area contributed by atoms with E-state index in [1.54, 1.807) is 18.3 Å². The molecule has 0 unspecified atom stereocenters. The molecular formula is C21H24N4O4. The summed E-state index contributed by atoms with van der Waals surface area (Å²) in [7, 11) is 0. The molecule has 0 spiro atoms. The average molecular weight is 396 g/mol. The fraction of sp³-hybridized carbons (Fsp3) is 0.381. The Bertz CT molecular complexity index is 895. The van der Waals surface area contributed by atoms with Crippen molar-refractivity contribution in [2.45, 2.75) is 13.5 Å². The van der Waals surface area contributed by atoms with Crippen molar-refractivity contribution in [2.24, 2.45) is 0 Å². The second-order valence-electron chi connectivity index (χ2n) is 7.23. The van der Waals surface area contributed by atoms with Crippen molar-refractivity contribution in [1.29, 1.82) is 0 Å². The average Bonchev–Trinajstić information content (AvgIpc) is 3.17. The van der Waals surface area contributed by atoms with Gasteiger partial charge in [-0.1, -0.05) is 6.07 Å². The highest BCUT2D eigenvalue weighted by Crippen LogP contribution is 2.37. The summed E-state index contributed by atoms with van der Waals surface area (Å²) in [4.78, 5) is 33.3. The third-order valence-electron chi connectivity index (χ3n) is 5.11. The molecule has 4 rings (SSSR count). The van der Waals surface area contributed by atoms with Gasteiger partial charge in [0.2, 0.25) is 12.7 Å². The maximum atomic E-state index is 12.6. The number of ether oxygens (including phenoxy) is 2. The van der Waals surface area contributed by atoms with E-state index in [-0.39, 0.29) is 25.0 Å². The molecule has 8 nitrogen and oxygen atoms in total. The van der Waals surface area contributed by atoms with Crippen LogP contribution < -0.4 is 14.8 Å². The van der Waals surface area contributed by atoms with E-state index < -0.39 is 0 Å². The first-order chi connectivity index (χ1) is 14.1. The van der Waals surface area contributed by atoms with Gasteiger partial charge in [0.1, 0.15) is 0 Å². The van der Waals surface area contributed by atoms with Crippen molar-refractivity contribution in [2.75, 3.05) is 44.8 Å². The molecule has 29 heavy (non-hydrogen) atoms. The number of fused-ring (bicyclic) bond motifs is 1. The van der Waals surface area contributed by atoms with E-state index in [2.05, 4.69) is 20.1 Å². The monoisotopic (exact) mass is 396 g/mol. The van der Waals surface area contributed by atoms with Gasteiger partial charge in [-0.3, -0.25) is 24.4 Å². The number of nitrogens with one attached hydrogen (secondary N) is 1. The fourth-order valence-electron chi connectivity index (χ4n) is 3.56. The molecule has 1 saturated heterocycles. The van der Waals surface area contributed by atoms with Gasteiger partial charge in [-0.2, -0.15) is 0 Å². The van der Waals surface area contributed by atoms with E-state index in [4.69, 9.17) is 9.47 Å². The summed E-state index contributed by atoms with van der Waals surface area (Å²) in [5, 5.41) is 2.86. The number of anilines is 1. The highest BCUT2D eigenvalue weighted by molar-refractivity contribution is 6.05. The predicted molar refractivity (Wildman–Crippen MR) is 107 cm³/mol. The normalized spacial score (nSPS) is 16.6. The minimum absolute atomic E-state index is 0.118. The number of carbonyl (C=O) groups is 2. The molecule has 2 aromatic rings. The minimum Gasteiger partial charge on any atom is -0.454 e. The quantitative estimate of drug-likeness (QED) is 0.745. The van der Waals surface area contributed by atoms with Crippen molar-refractivity contribution in [3.8, 4) is 11.5 Å². The van der Waals surface area contributed by atoms with E-state index in [9.17, 15) is 9.59 Å². The Balaban J connectivity index is 1.31. The maximum absolute atomic E-state index is 12.6. The number of amides is 1. The summed E-state index contributed by atoms with van der Waals surface area (Å²) < 4.78 is 10.7. The summed E-state index contributed by atoms with van der Waals surface area (Å²) in [5.41, 5.74) is 1.93. The van der Waals surface area contributed by atoms with E-state index in [1.165, 1.54) is 6.92 Å². The van der Waals surface area contributed by atoms with Crippen LogP contribution in [0.2, 0.25) is 0 Å². The minimum atomic E-state index is -0.149. The van der Waals surface area contributed by atoms with Gasteiger partial charge in [-0.05, 0) is 25.1 Å². The standard InChI is InChI=1S/C21H24N4O4/c1-15(26)17-10-19-20(29-14-28-19)11-18(17)23-21(27)13-25-8-6-24(7-9-25)12-16-4-2-3-5-22-16/h2-5,10-11H,6-9,12-14H2,1H3,(H,23,27). The molecule has 2 aliphatic rings. The topological polar surface area (TPSA) is 84.0 Å². The lowest BCUT2D eigenvalue weighted by atomic mass is 10.1. The Morgan fingerprint density at radius 1 is 1.07 bits per heavy atom.